The Hall–Kier alpha value is -2.80. The third-order valence-corrected chi connectivity index (χ3v) is 6.22. The van der Waals surface area contributed by atoms with E-state index in [0.29, 0.717) is 24.4 Å². The van der Waals surface area contributed by atoms with E-state index in [2.05, 4.69) is 20.9 Å². The maximum Gasteiger partial charge on any atom is 0.401 e. The van der Waals surface area contributed by atoms with Crippen molar-refractivity contribution in [3.8, 4) is 6.07 Å². The van der Waals surface area contributed by atoms with Crippen LogP contribution in [0.15, 0.2) is 18.5 Å². The Morgan fingerprint density at radius 3 is 2.74 bits per heavy atom. The average molecular weight is 434 g/mol. The number of carbonyl (C=O) groups excluding carboxylic acids is 1. The van der Waals surface area contributed by atoms with Gasteiger partial charge in [0.2, 0.25) is 0 Å². The number of alkyl halides is 3. The highest BCUT2D eigenvalue weighted by Gasteiger charge is 2.37. The lowest BCUT2D eigenvalue weighted by Crippen LogP contribution is -2.52. The lowest BCUT2D eigenvalue weighted by atomic mass is 9.84. The molecule has 7 nitrogen and oxygen atoms in total. The lowest BCUT2D eigenvalue weighted by Gasteiger charge is -2.44. The predicted molar refractivity (Wildman–Crippen MR) is 109 cm³/mol. The molecular weight excluding hydrogens is 409 g/mol. The lowest BCUT2D eigenvalue weighted by molar-refractivity contribution is -0.144. The molecule has 1 aliphatic carbocycles. The zero-order valence-electron chi connectivity index (χ0n) is 17.3. The predicted octanol–water partition coefficient (Wildman–Crippen LogP) is 3.36. The molecule has 10 heteroatoms. The number of pyridine rings is 1. The molecule has 31 heavy (non-hydrogen) atoms. The van der Waals surface area contributed by atoms with Gasteiger partial charge in [-0.05, 0) is 44.7 Å². The number of nitriles is 1. The summed E-state index contributed by atoms with van der Waals surface area (Å²) in [5, 5.41) is 10.0. The largest absolute Gasteiger partial charge is 0.401 e. The molecule has 1 aliphatic heterocycles. The van der Waals surface area contributed by atoms with Crippen LogP contribution in [0.25, 0.3) is 11.0 Å². The SMILES string of the molecule is CN(CC1CCC(N2CN(CC#N)C(=O)c3cnc4[nH]ccc4c32)CC1)CC(F)(F)F. The average Bonchev–Trinajstić information content (AvgIpc) is 3.18. The van der Waals surface area contributed by atoms with E-state index < -0.39 is 12.7 Å². The highest BCUT2D eigenvalue weighted by atomic mass is 19.4. The summed E-state index contributed by atoms with van der Waals surface area (Å²) in [6.07, 6.45) is 2.47. The van der Waals surface area contributed by atoms with Gasteiger partial charge in [-0.1, -0.05) is 0 Å². The maximum atomic E-state index is 12.9. The topological polar surface area (TPSA) is 79.3 Å². The monoisotopic (exact) mass is 434 g/mol. The van der Waals surface area contributed by atoms with Crippen LogP contribution in [0.2, 0.25) is 0 Å². The third-order valence-electron chi connectivity index (χ3n) is 6.22. The standard InChI is InChI=1S/C21H25F3N6O/c1-28(12-21(22,23)24)11-14-2-4-15(5-3-14)30-13-29(9-7-25)20(31)17-10-27-19-16(18(17)30)6-8-26-19/h6,8,10,14-15H,2-5,9,11-13H2,1H3,(H,26,27). The van der Waals surface area contributed by atoms with Crippen molar-refractivity contribution in [1.82, 2.24) is 19.8 Å². The van der Waals surface area contributed by atoms with Gasteiger partial charge < -0.3 is 14.8 Å². The summed E-state index contributed by atoms with van der Waals surface area (Å²) in [4.78, 5) is 25.4. The molecule has 1 amide bonds. The molecule has 0 radical (unpaired) electrons. The zero-order valence-corrected chi connectivity index (χ0v) is 17.3. The van der Waals surface area contributed by atoms with Crippen LogP contribution < -0.4 is 4.90 Å². The number of nitrogens with one attached hydrogen (secondary N) is 1. The molecule has 0 spiro atoms. The van der Waals surface area contributed by atoms with E-state index in [0.717, 1.165) is 36.8 Å². The van der Waals surface area contributed by atoms with Crippen molar-refractivity contribution in [2.75, 3.05) is 38.3 Å². The Kier molecular flexibility index (Phi) is 5.79. The van der Waals surface area contributed by atoms with Gasteiger partial charge in [0, 0.05) is 30.4 Å². The highest BCUT2D eigenvalue weighted by molar-refractivity contribution is 6.08. The molecule has 1 saturated carbocycles. The maximum absolute atomic E-state index is 12.9. The zero-order chi connectivity index (χ0) is 22.2. The van der Waals surface area contributed by atoms with Gasteiger partial charge in [0.15, 0.2) is 0 Å². The Bertz CT molecular complexity index is 989. The second-order valence-corrected chi connectivity index (χ2v) is 8.52. The smallest absolute Gasteiger partial charge is 0.349 e. The van der Waals surface area contributed by atoms with E-state index in [1.807, 2.05) is 6.07 Å². The van der Waals surface area contributed by atoms with Crippen molar-refractivity contribution < 1.29 is 18.0 Å². The second-order valence-electron chi connectivity index (χ2n) is 8.52. The van der Waals surface area contributed by atoms with Crippen molar-refractivity contribution >= 4 is 22.6 Å². The molecule has 4 rings (SSSR count). The molecule has 1 N–H and O–H groups in total. The summed E-state index contributed by atoms with van der Waals surface area (Å²) < 4.78 is 37.9. The number of aromatic nitrogens is 2. The van der Waals surface area contributed by atoms with Gasteiger partial charge in [0.05, 0.1) is 30.5 Å². The number of nitrogens with zero attached hydrogens (tertiary/aromatic N) is 5. The van der Waals surface area contributed by atoms with Gasteiger partial charge >= 0.3 is 6.18 Å². The number of hydrogen-bond acceptors (Lipinski definition) is 5. The molecule has 3 heterocycles. The van der Waals surface area contributed by atoms with Gasteiger partial charge in [-0.3, -0.25) is 9.69 Å². The van der Waals surface area contributed by atoms with Crippen molar-refractivity contribution in [1.29, 1.82) is 5.26 Å². The summed E-state index contributed by atoms with van der Waals surface area (Å²) in [6, 6.07) is 4.11. The molecule has 1 fully saturated rings. The van der Waals surface area contributed by atoms with Crippen LogP contribution in [0.4, 0.5) is 18.9 Å². The molecule has 0 atom stereocenters. The molecule has 2 aromatic heterocycles. The Morgan fingerprint density at radius 2 is 2.06 bits per heavy atom. The first-order valence-corrected chi connectivity index (χ1v) is 10.4. The van der Waals surface area contributed by atoms with E-state index in [1.165, 1.54) is 16.8 Å². The number of halogens is 3. The van der Waals surface area contributed by atoms with Crippen LogP contribution in [0.5, 0.6) is 0 Å². The van der Waals surface area contributed by atoms with Crippen molar-refractivity contribution in [2.24, 2.45) is 5.92 Å². The van der Waals surface area contributed by atoms with Crippen molar-refractivity contribution in [3.63, 3.8) is 0 Å². The number of aromatic amines is 1. The number of carbonyl (C=O) groups is 1. The molecule has 0 saturated heterocycles. The summed E-state index contributed by atoms with van der Waals surface area (Å²) in [5.41, 5.74) is 2.02. The first-order chi connectivity index (χ1) is 14.8. The summed E-state index contributed by atoms with van der Waals surface area (Å²) >= 11 is 0. The first kappa shape index (κ1) is 21.4. The fourth-order valence-corrected chi connectivity index (χ4v) is 4.90. The molecule has 0 aromatic carbocycles. The number of fused-ring (bicyclic) bond motifs is 3. The summed E-state index contributed by atoms with van der Waals surface area (Å²) in [7, 11) is 1.52. The van der Waals surface area contributed by atoms with Crippen LogP contribution in [0.1, 0.15) is 36.0 Å². The molecule has 0 unspecified atom stereocenters. The minimum atomic E-state index is -4.18. The number of H-pyrrole nitrogens is 1. The minimum absolute atomic E-state index is 0.00245. The number of hydrogen-bond donors (Lipinski definition) is 1. The van der Waals surface area contributed by atoms with E-state index in [4.69, 9.17) is 5.26 Å². The van der Waals surface area contributed by atoms with E-state index in [1.54, 1.807) is 12.4 Å². The van der Waals surface area contributed by atoms with Crippen LogP contribution in [-0.2, 0) is 0 Å². The normalized spacial score (nSPS) is 22.1. The van der Waals surface area contributed by atoms with Gasteiger partial charge in [-0.2, -0.15) is 18.4 Å². The number of rotatable bonds is 5. The molecule has 166 valence electrons. The van der Waals surface area contributed by atoms with Gasteiger partial charge in [-0.25, -0.2) is 4.98 Å². The van der Waals surface area contributed by atoms with Gasteiger partial charge in [0.1, 0.15) is 12.2 Å². The van der Waals surface area contributed by atoms with E-state index in [9.17, 15) is 18.0 Å². The Morgan fingerprint density at radius 1 is 1.32 bits per heavy atom. The summed E-state index contributed by atoms with van der Waals surface area (Å²) in [5.74, 6) is 0.0142. The highest BCUT2D eigenvalue weighted by Crippen LogP contribution is 2.39. The van der Waals surface area contributed by atoms with Crippen molar-refractivity contribution in [3.05, 3.63) is 24.0 Å². The van der Waals surface area contributed by atoms with E-state index in [-0.39, 0.29) is 24.4 Å². The molecule has 2 aromatic rings. The van der Waals surface area contributed by atoms with Crippen LogP contribution >= 0.6 is 0 Å². The number of anilines is 1. The molecule has 2 aliphatic rings. The minimum Gasteiger partial charge on any atom is -0.349 e. The molecule has 0 bridgehead atoms. The van der Waals surface area contributed by atoms with Gasteiger partial charge in [0.25, 0.3) is 5.91 Å². The van der Waals surface area contributed by atoms with Crippen molar-refractivity contribution in [2.45, 2.75) is 37.9 Å². The number of amides is 1. The Balaban J connectivity index is 1.52. The fraction of sp³-hybridized carbons (Fsp3) is 0.571. The van der Waals surface area contributed by atoms with E-state index >= 15 is 0 Å². The van der Waals surface area contributed by atoms with Gasteiger partial charge in [-0.15, -0.1) is 0 Å². The van der Waals surface area contributed by atoms with Crippen LogP contribution in [-0.4, -0.2) is 71.2 Å². The Labute approximate surface area is 178 Å². The third kappa shape index (κ3) is 4.46. The fourth-order valence-electron chi connectivity index (χ4n) is 4.90. The molecular formula is C21H25F3N6O. The summed E-state index contributed by atoms with van der Waals surface area (Å²) in [6.45, 7) is -0.144. The quantitative estimate of drug-likeness (QED) is 0.730. The van der Waals surface area contributed by atoms with Crippen LogP contribution in [0, 0.1) is 17.2 Å². The van der Waals surface area contributed by atoms with Crippen LogP contribution in [0.3, 0.4) is 0 Å². The first-order valence-electron chi connectivity index (χ1n) is 10.4. The second kappa shape index (κ2) is 8.38.